The first-order chi connectivity index (χ1) is 19.7. The fourth-order valence-electron chi connectivity index (χ4n) is 4.47. The summed E-state index contributed by atoms with van der Waals surface area (Å²) < 4.78 is 44.8. The molecule has 230 valence electrons. The van der Waals surface area contributed by atoms with Crippen LogP contribution in [0.1, 0.15) is 38.8 Å². The zero-order valence-electron chi connectivity index (χ0n) is 24.3. The van der Waals surface area contributed by atoms with Crippen molar-refractivity contribution in [2.45, 2.75) is 58.5 Å². The van der Waals surface area contributed by atoms with Gasteiger partial charge in [0.05, 0.1) is 31.2 Å². The maximum absolute atomic E-state index is 13.4. The summed E-state index contributed by atoms with van der Waals surface area (Å²) in [6.45, 7) is 7.65. The van der Waals surface area contributed by atoms with E-state index in [1.807, 2.05) is 20.8 Å². The number of rotatable bonds is 7. The Morgan fingerprint density at radius 1 is 1.10 bits per heavy atom. The minimum absolute atomic E-state index is 0.0551. The predicted molar refractivity (Wildman–Crippen MR) is 152 cm³/mol. The van der Waals surface area contributed by atoms with E-state index in [1.165, 1.54) is 4.90 Å². The second kappa shape index (κ2) is 13.8. The third-order valence-electron chi connectivity index (χ3n) is 6.86. The van der Waals surface area contributed by atoms with Gasteiger partial charge < -0.3 is 35.6 Å². The van der Waals surface area contributed by atoms with Crippen molar-refractivity contribution in [3.05, 3.63) is 53.6 Å². The van der Waals surface area contributed by atoms with Gasteiger partial charge in [-0.1, -0.05) is 6.92 Å². The molecule has 0 spiro atoms. The Labute approximate surface area is 243 Å². The van der Waals surface area contributed by atoms with E-state index in [2.05, 4.69) is 16.0 Å². The first-order valence-electron chi connectivity index (χ1n) is 13.6. The highest BCUT2D eigenvalue weighted by Gasteiger charge is 2.32. The van der Waals surface area contributed by atoms with Crippen molar-refractivity contribution >= 4 is 29.3 Å². The average Bonchev–Trinajstić information content (AvgIpc) is 2.95. The standard InChI is InChI=1S/C29H38F3N5O5/c1-17(2)33-28(41)36(5)15-25-18(3)14-37(19(4)16-38)26(39)13-20-12-23(10-11-24(20)42-25)35-27(40)34-22-8-6-21(7-9-22)29(30,31)32/h6-12,17-19,25,38H,13-16H2,1-5H3,(H,33,41)(H2,34,35,40)/t18-,19-,25+/m0/s1. The Bertz CT molecular complexity index is 1260. The van der Waals surface area contributed by atoms with Crippen LogP contribution in [0.15, 0.2) is 42.5 Å². The fraction of sp³-hybridized carbons (Fsp3) is 0.483. The number of nitrogens with zero attached hydrogens (tertiary/aromatic N) is 2. The SMILES string of the molecule is CC(C)NC(=O)N(C)C[C@H]1Oc2ccc(NC(=O)Nc3ccc(C(F)(F)F)cc3)cc2CC(=O)N([C@@H](C)CO)C[C@@H]1C. The minimum atomic E-state index is -4.49. The summed E-state index contributed by atoms with van der Waals surface area (Å²) in [6.07, 6.45) is -5.07. The molecule has 0 saturated carbocycles. The molecule has 13 heteroatoms. The molecule has 1 heterocycles. The molecule has 1 aliphatic heterocycles. The van der Waals surface area contributed by atoms with Gasteiger partial charge in [0, 0.05) is 42.5 Å². The van der Waals surface area contributed by atoms with E-state index in [0.717, 1.165) is 24.3 Å². The first kappa shape index (κ1) is 32.5. The van der Waals surface area contributed by atoms with Gasteiger partial charge in [-0.3, -0.25) is 4.79 Å². The number of aliphatic hydroxyl groups excluding tert-OH is 1. The van der Waals surface area contributed by atoms with Crippen molar-refractivity contribution in [3.63, 3.8) is 0 Å². The Morgan fingerprint density at radius 2 is 1.71 bits per heavy atom. The number of urea groups is 2. The smallest absolute Gasteiger partial charge is 0.416 e. The lowest BCUT2D eigenvalue weighted by molar-refractivity contribution is -0.137. The van der Waals surface area contributed by atoms with E-state index in [-0.39, 0.29) is 49.2 Å². The van der Waals surface area contributed by atoms with Crippen molar-refractivity contribution in [3.8, 4) is 5.75 Å². The highest BCUT2D eigenvalue weighted by atomic mass is 19.4. The number of nitrogens with one attached hydrogen (secondary N) is 3. The molecule has 1 aliphatic rings. The lowest BCUT2D eigenvalue weighted by atomic mass is 10.0. The molecular formula is C29H38F3N5O5. The number of halogens is 3. The molecule has 10 nitrogen and oxygen atoms in total. The summed E-state index contributed by atoms with van der Waals surface area (Å²) in [5, 5.41) is 17.8. The second-order valence-corrected chi connectivity index (χ2v) is 10.8. The molecule has 0 saturated heterocycles. The van der Waals surface area contributed by atoms with Gasteiger partial charge in [-0.15, -0.1) is 0 Å². The van der Waals surface area contributed by atoms with Crippen LogP contribution in [0.5, 0.6) is 5.75 Å². The molecule has 3 rings (SSSR count). The Balaban J connectivity index is 1.84. The Morgan fingerprint density at radius 3 is 2.31 bits per heavy atom. The molecule has 4 N–H and O–H groups in total. The van der Waals surface area contributed by atoms with Gasteiger partial charge in [-0.25, -0.2) is 9.59 Å². The number of carbonyl (C=O) groups excluding carboxylic acids is 3. The van der Waals surface area contributed by atoms with Crippen LogP contribution in [0, 0.1) is 5.92 Å². The van der Waals surface area contributed by atoms with E-state index < -0.39 is 29.9 Å². The third-order valence-corrected chi connectivity index (χ3v) is 6.86. The summed E-state index contributed by atoms with van der Waals surface area (Å²) >= 11 is 0. The topological polar surface area (TPSA) is 123 Å². The van der Waals surface area contributed by atoms with Crippen molar-refractivity contribution < 1.29 is 37.4 Å². The highest BCUT2D eigenvalue weighted by molar-refractivity contribution is 6.00. The maximum atomic E-state index is 13.4. The van der Waals surface area contributed by atoms with Crippen molar-refractivity contribution in [1.82, 2.24) is 15.1 Å². The number of carbonyl (C=O) groups is 3. The van der Waals surface area contributed by atoms with Crippen molar-refractivity contribution in [2.24, 2.45) is 5.92 Å². The van der Waals surface area contributed by atoms with Gasteiger partial charge >= 0.3 is 18.2 Å². The monoisotopic (exact) mass is 593 g/mol. The van der Waals surface area contributed by atoms with Crippen LogP contribution in [-0.4, -0.2) is 77.8 Å². The van der Waals surface area contributed by atoms with Gasteiger partial charge in [-0.2, -0.15) is 13.2 Å². The number of ether oxygens (including phenoxy) is 1. The number of likely N-dealkylation sites (N-methyl/N-ethyl adjacent to an activating group) is 1. The molecule has 2 aromatic rings. The summed E-state index contributed by atoms with van der Waals surface area (Å²) in [4.78, 5) is 41.6. The summed E-state index contributed by atoms with van der Waals surface area (Å²) in [5.41, 5.74) is 0.141. The molecule has 0 bridgehead atoms. The molecule has 42 heavy (non-hydrogen) atoms. The number of fused-ring (bicyclic) bond motifs is 1. The van der Waals surface area contributed by atoms with Crippen LogP contribution in [-0.2, 0) is 17.4 Å². The number of hydrogen-bond donors (Lipinski definition) is 4. The van der Waals surface area contributed by atoms with Gasteiger partial charge in [-0.05, 0) is 63.2 Å². The normalized spacial score (nSPS) is 18.1. The molecular weight excluding hydrogens is 555 g/mol. The van der Waals surface area contributed by atoms with Gasteiger partial charge in [0.2, 0.25) is 5.91 Å². The van der Waals surface area contributed by atoms with Crippen LogP contribution in [0.4, 0.5) is 34.1 Å². The van der Waals surface area contributed by atoms with Crippen LogP contribution >= 0.6 is 0 Å². The first-order valence-corrected chi connectivity index (χ1v) is 13.6. The van der Waals surface area contributed by atoms with E-state index in [1.54, 1.807) is 37.1 Å². The Hall–Kier alpha value is -4.00. The highest BCUT2D eigenvalue weighted by Crippen LogP contribution is 2.31. The summed E-state index contributed by atoms with van der Waals surface area (Å²) in [5.74, 6) is -0.0493. The number of benzene rings is 2. The second-order valence-electron chi connectivity index (χ2n) is 10.8. The maximum Gasteiger partial charge on any atom is 0.416 e. The van der Waals surface area contributed by atoms with E-state index in [9.17, 15) is 32.7 Å². The molecule has 0 fully saturated rings. The van der Waals surface area contributed by atoms with E-state index in [0.29, 0.717) is 23.5 Å². The molecule has 3 atom stereocenters. The van der Waals surface area contributed by atoms with Gasteiger partial charge in [0.1, 0.15) is 11.9 Å². The van der Waals surface area contributed by atoms with E-state index in [4.69, 9.17) is 4.74 Å². The molecule has 0 aromatic heterocycles. The largest absolute Gasteiger partial charge is 0.488 e. The third kappa shape index (κ3) is 8.75. The molecule has 0 aliphatic carbocycles. The van der Waals surface area contributed by atoms with Crippen LogP contribution in [0.2, 0.25) is 0 Å². The lowest BCUT2D eigenvalue weighted by Crippen LogP contribution is -2.49. The molecule has 5 amide bonds. The Kier molecular flexibility index (Phi) is 10.7. The van der Waals surface area contributed by atoms with Crippen LogP contribution in [0.25, 0.3) is 0 Å². The molecule has 2 aromatic carbocycles. The zero-order valence-corrected chi connectivity index (χ0v) is 24.3. The number of amides is 5. The summed E-state index contributed by atoms with van der Waals surface area (Å²) in [6, 6.07) is 7.35. The number of alkyl halides is 3. The van der Waals surface area contributed by atoms with Crippen LogP contribution < -0.4 is 20.7 Å². The summed E-state index contributed by atoms with van der Waals surface area (Å²) in [7, 11) is 1.66. The molecule has 0 radical (unpaired) electrons. The average molecular weight is 594 g/mol. The van der Waals surface area contributed by atoms with Crippen LogP contribution in [0.3, 0.4) is 0 Å². The fourth-order valence-corrected chi connectivity index (χ4v) is 4.47. The van der Waals surface area contributed by atoms with Crippen molar-refractivity contribution in [2.75, 3.05) is 37.4 Å². The lowest BCUT2D eigenvalue weighted by Gasteiger charge is -2.34. The quantitative estimate of drug-likeness (QED) is 0.375. The van der Waals surface area contributed by atoms with E-state index >= 15 is 0 Å². The number of aliphatic hydroxyl groups is 1. The number of anilines is 2. The van der Waals surface area contributed by atoms with Gasteiger partial charge in [0.15, 0.2) is 0 Å². The minimum Gasteiger partial charge on any atom is -0.488 e. The zero-order chi connectivity index (χ0) is 31.2. The van der Waals surface area contributed by atoms with Crippen molar-refractivity contribution in [1.29, 1.82) is 0 Å². The number of hydrogen-bond acceptors (Lipinski definition) is 5. The predicted octanol–water partition coefficient (Wildman–Crippen LogP) is 4.55. The van der Waals surface area contributed by atoms with Gasteiger partial charge in [0.25, 0.3) is 0 Å². The molecule has 0 unspecified atom stereocenters.